The molecule has 1 aromatic heterocycles. The van der Waals surface area contributed by atoms with Gasteiger partial charge < -0.3 is 4.42 Å². The van der Waals surface area contributed by atoms with E-state index in [9.17, 15) is 26.4 Å². The first-order valence-electron chi connectivity index (χ1n) is 7.74. The second-order valence-electron chi connectivity index (χ2n) is 5.87. The molecule has 3 aromatic rings. The summed E-state index contributed by atoms with van der Waals surface area (Å²) in [6.07, 6.45) is -4.58. The first-order chi connectivity index (χ1) is 12.6. The smallest absolute Gasteiger partial charge is 0.416 e. The molecular weight excluding hydrogens is 383 g/mol. The Kier molecular flexibility index (Phi) is 4.83. The number of rotatable bonds is 4. The normalized spacial score (nSPS) is 12.6. The number of fused-ring (bicyclic) bond motifs is 1. The Morgan fingerprint density at radius 1 is 1.04 bits per heavy atom. The second-order valence-corrected chi connectivity index (χ2v) is 7.91. The predicted octanol–water partition coefficient (Wildman–Crippen LogP) is 3.63. The molecule has 2 aromatic carbocycles. The molecular formula is C18H14F3NO4S. The van der Waals surface area contributed by atoms with Crippen LogP contribution in [0.1, 0.15) is 11.1 Å². The third-order valence-corrected chi connectivity index (χ3v) is 5.81. The van der Waals surface area contributed by atoms with Crippen LogP contribution >= 0.6 is 0 Å². The summed E-state index contributed by atoms with van der Waals surface area (Å²) in [6, 6.07) is 11.3. The Labute approximate surface area is 152 Å². The zero-order valence-corrected chi connectivity index (χ0v) is 14.8. The van der Waals surface area contributed by atoms with E-state index < -0.39 is 33.9 Å². The zero-order valence-electron chi connectivity index (χ0n) is 14.0. The SMILES string of the molecule is CN(Cc1ccccc1C(F)(F)F)S(=O)(=O)c1ccc2oc(=O)ccc2c1. The molecule has 0 bridgehead atoms. The topological polar surface area (TPSA) is 67.6 Å². The van der Waals surface area contributed by atoms with Gasteiger partial charge in [-0.15, -0.1) is 0 Å². The summed E-state index contributed by atoms with van der Waals surface area (Å²) in [7, 11) is -2.85. The fraction of sp³-hybridized carbons (Fsp3) is 0.167. The van der Waals surface area contributed by atoms with Crippen LogP contribution < -0.4 is 5.63 Å². The molecule has 9 heteroatoms. The number of halogens is 3. The van der Waals surface area contributed by atoms with Crippen molar-refractivity contribution in [3.05, 3.63) is 76.1 Å². The van der Waals surface area contributed by atoms with Crippen LogP contribution in [-0.4, -0.2) is 19.8 Å². The molecule has 0 atom stereocenters. The van der Waals surface area contributed by atoms with Crippen LogP contribution in [0, 0.1) is 0 Å². The highest BCUT2D eigenvalue weighted by atomic mass is 32.2. The van der Waals surface area contributed by atoms with Crippen LogP contribution in [0.25, 0.3) is 11.0 Å². The van der Waals surface area contributed by atoms with E-state index in [4.69, 9.17) is 4.42 Å². The minimum Gasteiger partial charge on any atom is -0.423 e. The molecule has 0 saturated heterocycles. The van der Waals surface area contributed by atoms with Gasteiger partial charge in [-0.25, -0.2) is 13.2 Å². The van der Waals surface area contributed by atoms with Crippen LogP contribution in [0.4, 0.5) is 13.2 Å². The van der Waals surface area contributed by atoms with Crippen molar-refractivity contribution in [2.45, 2.75) is 17.6 Å². The molecule has 3 rings (SSSR count). The van der Waals surface area contributed by atoms with Crippen molar-refractivity contribution < 1.29 is 26.0 Å². The van der Waals surface area contributed by atoms with Gasteiger partial charge in [-0.2, -0.15) is 17.5 Å². The van der Waals surface area contributed by atoms with E-state index in [2.05, 4.69) is 0 Å². The first-order valence-corrected chi connectivity index (χ1v) is 9.18. The fourth-order valence-corrected chi connectivity index (χ4v) is 3.83. The molecule has 0 N–H and O–H groups in total. The summed E-state index contributed by atoms with van der Waals surface area (Å²) in [6.45, 7) is -0.445. The van der Waals surface area contributed by atoms with Gasteiger partial charge in [0.05, 0.1) is 10.5 Å². The van der Waals surface area contributed by atoms with Gasteiger partial charge in [-0.1, -0.05) is 18.2 Å². The summed E-state index contributed by atoms with van der Waals surface area (Å²) in [4.78, 5) is 11.1. The van der Waals surface area contributed by atoms with Crippen LogP contribution in [0.2, 0.25) is 0 Å². The van der Waals surface area contributed by atoms with E-state index >= 15 is 0 Å². The molecule has 0 spiro atoms. The lowest BCUT2D eigenvalue weighted by atomic mass is 10.1. The van der Waals surface area contributed by atoms with Gasteiger partial charge >= 0.3 is 11.8 Å². The average Bonchev–Trinajstić information content (AvgIpc) is 2.60. The van der Waals surface area contributed by atoms with E-state index in [-0.39, 0.29) is 16.0 Å². The molecule has 0 fully saturated rings. The first kappa shape index (κ1) is 19.1. The molecule has 5 nitrogen and oxygen atoms in total. The molecule has 0 saturated carbocycles. The van der Waals surface area contributed by atoms with Crippen LogP contribution in [0.3, 0.4) is 0 Å². The number of hydrogen-bond acceptors (Lipinski definition) is 4. The van der Waals surface area contributed by atoms with Crippen LogP contribution in [0.5, 0.6) is 0 Å². The van der Waals surface area contributed by atoms with Crippen molar-refractivity contribution in [1.29, 1.82) is 0 Å². The van der Waals surface area contributed by atoms with E-state index in [1.54, 1.807) is 0 Å². The van der Waals surface area contributed by atoms with E-state index in [0.717, 1.165) is 16.4 Å². The summed E-state index contributed by atoms with van der Waals surface area (Å²) in [5, 5.41) is 0.389. The van der Waals surface area contributed by atoms with E-state index in [0.29, 0.717) is 5.39 Å². The highest BCUT2D eigenvalue weighted by Crippen LogP contribution is 2.33. The summed E-state index contributed by atoms with van der Waals surface area (Å²) >= 11 is 0. The van der Waals surface area contributed by atoms with Crippen molar-refractivity contribution in [3.63, 3.8) is 0 Å². The highest BCUT2D eigenvalue weighted by molar-refractivity contribution is 7.89. The highest BCUT2D eigenvalue weighted by Gasteiger charge is 2.34. The third-order valence-electron chi connectivity index (χ3n) is 4.01. The van der Waals surface area contributed by atoms with Gasteiger partial charge in [0, 0.05) is 25.0 Å². The van der Waals surface area contributed by atoms with Crippen LogP contribution in [0.15, 0.2) is 68.7 Å². The van der Waals surface area contributed by atoms with E-state index in [1.165, 1.54) is 49.5 Å². The van der Waals surface area contributed by atoms with Crippen LogP contribution in [-0.2, 0) is 22.7 Å². The van der Waals surface area contributed by atoms with Gasteiger partial charge in [0.15, 0.2) is 0 Å². The quantitative estimate of drug-likeness (QED) is 0.631. The predicted molar refractivity (Wildman–Crippen MR) is 92.6 cm³/mol. The summed E-state index contributed by atoms with van der Waals surface area (Å²) in [5.74, 6) is 0. The molecule has 0 unspecified atom stereocenters. The number of sulfonamides is 1. The fourth-order valence-electron chi connectivity index (χ4n) is 2.65. The largest absolute Gasteiger partial charge is 0.423 e. The molecule has 0 aliphatic heterocycles. The van der Waals surface area contributed by atoms with Crippen molar-refractivity contribution in [2.24, 2.45) is 0 Å². The number of hydrogen-bond donors (Lipinski definition) is 0. The average molecular weight is 397 g/mol. The van der Waals surface area contributed by atoms with Gasteiger partial charge in [0.2, 0.25) is 10.0 Å². The third kappa shape index (κ3) is 3.88. The van der Waals surface area contributed by atoms with Crippen molar-refractivity contribution in [1.82, 2.24) is 4.31 Å². The minimum absolute atomic E-state index is 0.115. The van der Waals surface area contributed by atoms with Crippen molar-refractivity contribution in [2.75, 3.05) is 7.05 Å². The zero-order chi connectivity index (χ0) is 19.8. The number of alkyl halides is 3. The van der Waals surface area contributed by atoms with E-state index in [1.807, 2.05) is 0 Å². The maximum Gasteiger partial charge on any atom is 0.416 e. The van der Waals surface area contributed by atoms with Crippen molar-refractivity contribution in [3.8, 4) is 0 Å². The van der Waals surface area contributed by atoms with Gasteiger partial charge in [-0.05, 0) is 35.9 Å². The molecule has 1 heterocycles. The lowest BCUT2D eigenvalue weighted by Crippen LogP contribution is -2.27. The maximum absolute atomic E-state index is 13.1. The molecule has 0 aliphatic rings. The Morgan fingerprint density at radius 3 is 2.44 bits per heavy atom. The molecule has 0 aliphatic carbocycles. The molecule has 0 amide bonds. The standard InChI is InChI=1S/C18H14F3NO4S/c1-22(11-13-4-2-3-5-15(13)18(19,20)21)27(24,25)14-7-8-16-12(10-14)6-9-17(23)26-16/h2-10H,11H2,1H3. The summed E-state index contributed by atoms with van der Waals surface area (Å²) in [5.41, 5.74) is -1.39. The summed E-state index contributed by atoms with van der Waals surface area (Å²) < 4.78 is 70.7. The number of benzene rings is 2. The minimum atomic E-state index is -4.58. The van der Waals surface area contributed by atoms with Gasteiger partial charge in [0.25, 0.3) is 0 Å². The lowest BCUT2D eigenvalue weighted by molar-refractivity contribution is -0.138. The van der Waals surface area contributed by atoms with Gasteiger partial charge in [0.1, 0.15) is 5.58 Å². The Hall–Kier alpha value is -2.65. The maximum atomic E-state index is 13.1. The Morgan fingerprint density at radius 2 is 1.74 bits per heavy atom. The molecule has 142 valence electrons. The number of nitrogens with zero attached hydrogens (tertiary/aromatic N) is 1. The Bertz CT molecular complexity index is 1150. The molecule has 0 radical (unpaired) electrons. The lowest BCUT2D eigenvalue weighted by Gasteiger charge is -2.20. The van der Waals surface area contributed by atoms with Gasteiger partial charge in [-0.3, -0.25) is 0 Å². The molecule has 27 heavy (non-hydrogen) atoms. The monoisotopic (exact) mass is 397 g/mol. The second kappa shape index (κ2) is 6.82. The Balaban J connectivity index is 1.96. The van der Waals surface area contributed by atoms with Crippen molar-refractivity contribution >= 4 is 21.0 Å².